The Kier molecular flexibility index (Phi) is 5.35. The number of aromatic nitrogens is 1. The van der Waals surface area contributed by atoms with E-state index in [2.05, 4.69) is 4.98 Å². The van der Waals surface area contributed by atoms with Crippen LogP contribution < -0.4 is 0 Å². The first-order valence-electron chi connectivity index (χ1n) is 8.55. The lowest BCUT2D eigenvalue weighted by Gasteiger charge is -2.14. The minimum absolute atomic E-state index is 0.0254. The fourth-order valence-electron chi connectivity index (χ4n) is 2.77. The number of H-pyrrole nitrogens is 1. The number of sulfonamides is 1. The summed E-state index contributed by atoms with van der Waals surface area (Å²) in [6.07, 6.45) is 0.558. The van der Waals surface area contributed by atoms with Gasteiger partial charge in [0.2, 0.25) is 15.8 Å². The maximum atomic E-state index is 12.7. The molecular weight excluding hydrogens is 380 g/mol. The highest BCUT2D eigenvalue weighted by atomic mass is 32.2. The van der Waals surface area contributed by atoms with Crippen molar-refractivity contribution in [3.63, 3.8) is 0 Å². The first kappa shape index (κ1) is 19.8. The molecule has 0 saturated carbocycles. The van der Waals surface area contributed by atoms with Gasteiger partial charge in [-0.3, -0.25) is 4.79 Å². The molecule has 2 aromatic carbocycles. The predicted octanol–water partition coefficient (Wildman–Crippen LogP) is 2.85. The van der Waals surface area contributed by atoms with Crippen LogP contribution in [-0.4, -0.2) is 49.7 Å². The lowest BCUT2D eigenvalue weighted by molar-refractivity contribution is 0.0319. The van der Waals surface area contributed by atoms with Crippen molar-refractivity contribution < 1.29 is 22.7 Å². The fourth-order valence-corrected chi connectivity index (χ4v) is 3.72. The highest BCUT2D eigenvalue weighted by molar-refractivity contribution is 7.89. The molecule has 1 heterocycles. The van der Waals surface area contributed by atoms with Gasteiger partial charge in [-0.2, -0.15) is 0 Å². The summed E-state index contributed by atoms with van der Waals surface area (Å²) >= 11 is 0. The van der Waals surface area contributed by atoms with Gasteiger partial charge < -0.3 is 9.72 Å². The second kappa shape index (κ2) is 7.57. The van der Waals surface area contributed by atoms with E-state index in [1.807, 2.05) is 24.3 Å². The zero-order valence-corrected chi connectivity index (χ0v) is 16.5. The normalized spacial score (nSPS) is 12.9. The lowest BCUT2D eigenvalue weighted by atomic mass is 10.1. The molecule has 0 spiro atoms. The Labute approximate surface area is 163 Å². The van der Waals surface area contributed by atoms with Crippen LogP contribution in [0.3, 0.4) is 0 Å². The number of hydrogen-bond donors (Lipinski definition) is 1. The molecular formula is C20H20N2O5S. The van der Waals surface area contributed by atoms with Crippen molar-refractivity contribution in [1.29, 1.82) is 0 Å². The molecule has 1 aromatic heterocycles. The van der Waals surface area contributed by atoms with Crippen molar-refractivity contribution in [3.05, 3.63) is 65.9 Å². The van der Waals surface area contributed by atoms with Crippen LogP contribution in [0.4, 0.5) is 0 Å². The molecule has 146 valence electrons. The van der Waals surface area contributed by atoms with Gasteiger partial charge in [0.15, 0.2) is 6.10 Å². The number of esters is 1. The maximum absolute atomic E-state index is 12.7. The van der Waals surface area contributed by atoms with Gasteiger partial charge in [0.1, 0.15) is 0 Å². The molecule has 0 saturated heterocycles. The third-order valence-electron chi connectivity index (χ3n) is 4.36. The summed E-state index contributed by atoms with van der Waals surface area (Å²) < 4.78 is 30.8. The SMILES string of the molecule is C[C@H](OC(=O)c1cccc(S(=O)(=O)N(C)C)c1)C(=O)c1c[nH]c2ccccc12. The van der Waals surface area contributed by atoms with Gasteiger partial charge in [0, 0.05) is 36.8 Å². The number of nitrogens with zero attached hydrogens (tertiary/aromatic N) is 1. The summed E-state index contributed by atoms with van der Waals surface area (Å²) in [5, 5.41) is 0.745. The van der Waals surface area contributed by atoms with Gasteiger partial charge in [-0.05, 0) is 31.2 Å². The van der Waals surface area contributed by atoms with Crippen LogP contribution in [0.5, 0.6) is 0 Å². The molecule has 1 N–H and O–H groups in total. The van der Waals surface area contributed by atoms with Crippen molar-refractivity contribution in [2.45, 2.75) is 17.9 Å². The van der Waals surface area contributed by atoms with Crippen LogP contribution in [0.15, 0.2) is 59.6 Å². The summed E-state index contributed by atoms with van der Waals surface area (Å²) in [5.41, 5.74) is 1.30. The fraction of sp³-hybridized carbons (Fsp3) is 0.200. The quantitative estimate of drug-likeness (QED) is 0.507. The van der Waals surface area contributed by atoms with Crippen LogP contribution in [0.25, 0.3) is 10.9 Å². The Bertz CT molecular complexity index is 1150. The second-order valence-corrected chi connectivity index (χ2v) is 8.63. The number of aromatic amines is 1. The minimum atomic E-state index is -3.68. The summed E-state index contributed by atoms with van der Waals surface area (Å²) in [6, 6.07) is 12.9. The van der Waals surface area contributed by atoms with E-state index >= 15 is 0 Å². The Hall–Kier alpha value is -2.97. The van der Waals surface area contributed by atoms with E-state index in [9.17, 15) is 18.0 Å². The minimum Gasteiger partial charge on any atom is -0.451 e. The average Bonchev–Trinajstić information content (AvgIpc) is 3.11. The highest BCUT2D eigenvalue weighted by Crippen LogP contribution is 2.21. The van der Waals surface area contributed by atoms with E-state index in [1.165, 1.54) is 45.3 Å². The largest absolute Gasteiger partial charge is 0.451 e. The van der Waals surface area contributed by atoms with Crippen molar-refractivity contribution in [2.75, 3.05) is 14.1 Å². The van der Waals surface area contributed by atoms with E-state index in [1.54, 1.807) is 6.20 Å². The first-order chi connectivity index (χ1) is 13.2. The molecule has 28 heavy (non-hydrogen) atoms. The molecule has 1 atom stereocenters. The Morgan fingerprint density at radius 2 is 1.79 bits per heavy atom. The summed E-state index contributed by atoms with van der Waals surface area (Å²) in [6.45, 7) is 1.49. The second-order valence-electron chi connectivity index (χ2n) is 6.47. The summed E-state index contributed by atoms with van der Waals surface area (Å²) in [5.74, 6) is -1.11. The van der Waals surface area contributed by atoms with Gasteiger partial charge in [-0.15, -0.1) is 0 Å². The molecule has 0 radical (unpaired) electrons. The lowest BCUT2D eigenvalue weighted by Crippen LogP contribution is -2.25. The van der Waals surface area contributed by atoms with Gasteiger partial charge in [-0.1, -0.05) is 24.3 Å². The zero-order chi connectivity index (χ0) is 20.5. The molecule has 7 nitrogen and oxygen atoms in total. The predicted molar refractivity (Wildman–Crippen MR) is 105 cm³/mol. The monoisotopic (exact) mass is 400 g/mol. The molecule has 3 rings (SSSR count). The standard InChI is InChI=1S/C20H20N2O5S/c1-13(19(23)17-12-21-18-10-5-4-9-16(17)18)27-20(24)14-7-6-8-15(11-14)28(25,26)22(2)3/h4-13,21H,1-3H3/t13-/m0/s1. The van der Waals surface area contributed by atoms with Crippen molar-refractivity contribution in [1.82, 2.24) is 9.29 Å². The van der Waals surface area contributed by atoms with Crippen molar-refractivity contribution in [2.24, 2.45) is 0 Å². The molecule has 0 amide bonds. The van der Waals surface area contributed by atoms with Gasteiger partial charge in [0.05, 0.1) is 10.5 Å². The van der Waals surface area contributed by atoms with Gasteiger partial charge in [-0.25, -0.2) is 17.5 Å². The van der Waals surface area contributed by atoms with Crippen LogP contribution >= 0.6 is 0 Å². The molecule has 0 bridgehead atoms. The van der Waals surface area contributed by atoms with Crippen LogP contribution in [0.2, 0.25) is 0 Å². The third-order valence-corrected chi connectivity index (χ3v) is 6.17. The molecule has 0 aliphatic rings. The molecule has 8 heteroatoms. The van der Waals surface area contributed by atoms with Gasteiger partial charge >= 0.3 is 5.97 Å². The maximum Gasteiger partial charge on any atom is 0.338 e. The van der Waals surface area contributed by atoms with E-state index in [0.717, 1.165) is 15.2 Å². The Morgan fingerprint density at radius 3 is 2.50 bits per heavy atom. The summed E-state index contributed by atoms with van der Waals surface area (Å²) in [7, 11) is -0.873. The zero-order valence-electron chi connectivity index (χ0n) is 15.7. The number of ketones is 1. The van der Waals surface area contributed by atoms with E-state index in [0.29, 0.717) is 5.56 Å². The van der Waals surface area contributed by atoms with E-state index in [4.69, 9.17) is 4.74 Å². The number of para-hydroxylation sites is 1. The van der Waals surface area contributed by atoms with Crippen LogP contribution in [-0.2, 0) is 14.8 Å². The average molecular weight is 400 g/mol. The molecule has 0 aliphatic heterocycles. The van der Waals surface area contributed by atoms with Gasteiger partial charge in [0.25, 0.3) is 0 Å². The highest BCUT2D eigenvalue weighted by Gasteiger charge is 2.24. The van der Waals surface area contributed by atoms with E-state index < -0.39 is 22.1 Å². The number of fused-ring (bicyclic) bond motifs is 1. The van der Waals surface area contributed by atoms with Crippen molar-refractivity contribution in [3.8, 4) is 0 Å². The molecule has 0 unspecified atom stereocenters. The number of nitrogens with one attached hydrogen (secondary N) is 1. The number of carbonyl (C=O) groups is 2. The van der Waals surface area contributed by atoms with E-state index in [-0.39, 0.29) is 16.2 Å². The molecule has 0 fully saturated rings. The smallest absolute Gasteiger partial charge is 0.338 e. The molecule has 0 aliphatic carbocycles. The molecule has 3 aromatic rings. The summed E-state index contributed by atoms with van der Waals surface area (Å²) in [4.78, 5) is 28.1. The van der Waals surface area contributed by atoms with Crippen LogP contribution in [0.1, 0.15) is 27.6 Å². The number of Topliss-reactive ketones (excluding diaryl/α,β-unsaturated/α-hetero) is 1. The number of hydrogen-bond acceptors (Lipinski definition) is 5. The first-order valence-corrected chi connectivity index (χ1v) is 9.99. The number of benzene rings is 2. The topological polar surface area (TPSA) is 96.5 Å². The number of ether oxygens (including phenoxy) is 1. The third kappa shape index (κ3) is 3.69. The van der Waals surface area contributed by atoms with Crippen molar-refractivity contribution >= 4 is 32.7 Å². The Balaban J connectivity index is 1.80. The Morgan fingerprint density at radius 1 is 1.07 bits per heavy atom. The van der Waals surface area contributed by atoms with Crippen LogP contribution in [0, 0.1) is 0 Å². The number of rotatable bonds is 6. The number of carbonyl (C=O) groups excluding carboxylic acids is 2.